The fraction of sp³-hybridized carbons (Fsp3) is 0.925. The van der Waals surface area contributed by atoms with Gasteiger partial charge in [-0.1, -0.05) is 327 Å². The smallest absolute Gasteiger partial charge is 0.220 e. The molecule has 0 aromatic rings. The molecule has 1 aliphatic heterocycles. The molecule has 76 heavy (non-hydrogen) atoms. The Morgan fingerprint density at radius 1 is 0.434 bits per heavy atom. The highest BCUT2D eigenvalue weighted by Gasteiger charge is 2.44. The van der Waals surface area contributed by atoms with E-state index in [9.17, 15) is 30.3 Å². The van der Waals surface area contributed by atoms with Crippen LogP contribution in [0.15, 0.2) is 24.3 Å². The third-order valence-corrected chi connectivity index (χ3v) is 16.3. The van der Waals surface area contributed by atoms with Gasteiger partial charge in [0, 0.05) is 6.42 Å². The van der Waals surface area contributed by atoms with Gasteiger partial charge >= 0.3 is 0 Å². The summed E-state index contributed by atoms with van der Waals surface area (Å²) in [6.45, 7) is 3.81. The van der Waals surface area contributed by atoms with Crippen molar-refractivity contribution in [2.45, 2.75) is 384 Å². The molecular formula is C67H129NO8. The molecule has 0 aromatic heterocycles. The summed E-state index contributed by atoms with van der Waals surface area (Å²) in [7, 11) is 0. The molecule has 0 bridgehead atoms. The highest BCUT2D eigenvalue weighted by Crippen LogP contribution is 2.23. The molecule has 0 aromatic carbocycles. The Labute approximate surface area is 470 Å². The fourth-order valence-electron chi connectivity index (χ4n) is 11.0. The van der Waals surface area contributed by atoms with Crippen molar-refractivity contribution in [2.75, 3.05) is 13.2 Å². The number of nitrogens with one attached hydrogen (secondary N) is 1. The minimum Gasteiger partial charge on any atom is -0.394 e. The lowest BCUT2D eigenvalue weighted by Gasteiger charge is -2.40. The van der Waals surface area contributed by atoms with Gasteiger partial charge in [-0.2, -0.15) is 0 Å². The average molecular weight is 1080 g/mol. The first-order valence-corrected chi connectivity index (χ1v) is 33.6. The van der Waals surface area contributed by atoms with Crippen LogP contribution in [0.1, 0.15) is 341 Å². The first-order chi connectivity index (χ1) is 37.3. The molecule has 1 amide bonds. The van der Waals surface area contributed by atoms with Crippen molar-refractivity contribution in [1.29, 1.82) is 0 Å². The van der Waals surface area contributed by atoms with E-state index in [-0.39, 0.29) is 12.5 Å². The molecule has 6 N–H and O–H groups in total. The van der Waals surface area contributed by atoms with Gasteiger partial charge in [0.2, 0.25) is 5.91 Å². The molecule has 0 spiro atoms. The van der Waals surface area contributed by atoms with Crippen LogP contribution >= 0.6 is 0 Å². The monoisotopic (exact) mass is 1080 g/mol. The Bertz CT molecular complexity index is 1250. The maximum absolute atomic E-state index is 13.1. The molecule has 7 unspecified atom stereocenters. The van der Waals surface area contributed by atoms with Gasteiger partial charge in [0.1, 0.15) is 24.4 Å². The van der Waals surface area contributed by atoms with E-state index >= 15 is 0 Å². The van der Waals surface area contributed by atoms with E-state index in [1.54, 1.807) is 6.08 Å². The van der Waals surface area contributed by atoms with Crippen LogP contribution in [-0.2, 0) is 14.3 Å². The normalized spacial score (nSPS) is 18.9. The van der Waals surface area contributed by atoms with E-state index in [1.165, 1.54) is 283 Å². The van der Waals surface area contributed by atoms with Gasteiger partial charge in [0.15, 0.2) is 6.29 Å². The zero-order valence-electron chi connectivity index (χ0n) is 50.3. The van der Waals surface area contributed by atoms with E-state index in [4.69, 9.17) is 9.47 Å². The van der Waals surface area contributed by atoms with Crippen molar-refractivity contribution in [3.63, 3.8) is 0 Å². The van der Waals surface area contributed by atoms with Gasteiger partial charge in [0.25, 0.3) is 0 Å². The van der Waals surface area contributed by atoms with Gasteiger partial charge in [-0.15, -0.1) is 0 Å². The largest absolute Gasteiger partial charge is 0.394 e. The summed E-state index contributed by atoms with van der Waals surface area (Å²) in [6.07, 6.45) is 67.2. The Morgan fingerprint density at radius 2 is 0.750 bits per heavy atom. The highest BCUT2D eigenvalue weighted by molar-refractivity contribution is 5.76. The maximum atomic E-state index is 13.1. The molecule has 1 heterocycles. The topological polar surface area (TPSA) is 149 Å². The second-order valence-corrected chi connectivity index (χ2v) is 23.6. The standard InChI is InChI=1S/C67H129NO8/c1-3-5-7-9-11-13-15-17-19-21-23-24-25-26-27-28-29-30-31-32-33-34-35-36-37-38-39-41-43-45-47-49-51-53-55-57-63(71)68-60(59-75-67-66(74)65(73)64(72)62(58-69)76-67)61(70)56-54-52-50-48-46-44-42-40-22-20-18-16-14-12-10-8-6-4-2/h46,48,54,56,60-62,64-67,69-70,72-74H,3-45,47,49-53,55,57-59H2,1-2H3,(H,68,71)/b48-46+,56-54+. The van der Waals surface area contributed by atoms with Gasteiger partial charge in [-0.25, -0.2) is 0 Å². The molecule has 1 saturated heterocycles. The van der Waals surface area contributed by atoms with Crippen LogP contribution in [0.2, 0.25) is 0 Å². The van der Waals surface area contributed by atoms with Crippen LogP contribution < -0.4 is 5.32 Å². The van der Waals surface area contributed by atoms with E-state index in [1.807, 2.05) is 6.08 Å². The molecule has 450 valence electrons. The zero-order valence-corrected chi connectivity index (χ0v) is 50.3. The first-order valence-electron chi connectivity index (χ1n) is 33.6. The predicted octanol–water partition coefficient (Wildman–Crippen LogP) is 17.7. The summed E-state index contributed by atoms with van der Waals surface area (Å²) in [5.74, 6) is -0.179. The van der Waals surface area contributed by atoms with Crippen LogP contribution in [0.3, 0.4) is 0 Å². The van der Waals surface area contributed by atoms with Crippen molar-refractivity contribution >= 4 is 5.91 Å². The quantitative estimate of drug-likeness (QED) is 0.0261. The Kier molecular flexibility index (Phi) is 54.4. The van der Waals surface area contributed by atoms with E-state index in [0.29, 0.717) is 6.42 Å². The number of amides is 1. The second-order valence-electron chi connectivity index (χ2n) is 23.6. The van der Waals surface area contributed by atoms with Crippen LogP contribution in [-0.4, -0.2) is 87.5 Å². The van der Waals surface area contributed by atoms with Crippen molar-refractivity contribution in [1.82, 2.24) is 5.32 Å². The maximum Gasteiger partial charge on any atom is 0.220 e. The summed E-state index contributed by atoms with van der Waals surface area (Å²) in [5.41, 5.74) is 0. The third kappa shape index (κ3) is 45.4. The summed E-state index contributed by atoms with van der Waals surface area (Å²) in [4.78, 5) is 13.1. The number of aliphatic hydroxyl groups excluding tert-OH is 5. The fourth-order valence-corrected chi connectivity index (χ4v) is 11.0. The summed E-state index contributed by atoms with van der Waals surface area (Å²) < 4.78 is 11.3. The summed E-state index contributed by atoms with van der Waals surface area (Å²) in [5, 5.41) is 54.6. The summed E-state index contributed by atoms with van der Waals surface area (Å²) >= 11 is 0. The Balaban J connectivity index is 2.09. The number of carbonyl (C=O) groups is 1. The summed E-state index contributed by atoms with van der Waals surface area (Å²) in [6, 6.07) is -0.819. The SMILES string of the molecule is CCCCCCCCCCCCCC/C=C/CC/C=C/C(O)C(COC1OC(CO)C(O)C(O)C1O)NC(=O)CCCCCCCCCCCCCCCCCCCCCCCCCCCCCCCCCCCCC. The van der Waals surface area contributed by atoms with E-state index < -0.39 is 49.5 Å². The molecule has 9 heteroatoms. The molecule has 0 saturated carbocycles. The van der Waals surface area contributed by atoms with Gasteiger partial charge in [0.05, 0.1) is 25.4 Å². The molecule has 1 aliphatic rings. The number of unbranched alkanes of at least 4 members (excludes halogenated alkanes) is 47. The molecule has 0 aliphatic carbocycles. The van der Waals surface area contributed by atoms with Crippen LogP contribution in [0.5, 0.6) is 0 Å². The number of aliphatic hydroxyl groups is 5. The number of carbonyl (C=O) groups excluding carboxylic acids is 1. The third-order valence-electron chi connectivity index (χ3n) is 16.3. The lowest BCUT2D eigenvalue weighted by atomic mass is 9.99. The van der Waals surface area contributed by atoms with Crippen molar-refractivity contribution < 1.29 is 39.8 Å². The lowest BCUT2D eigenvalue weighted by Crippen LogP contribution is -2.60. The number of hydrogen-bond acceptors (Lipinski definition) is 8. The molecule has 7 atom stereocenters. The Morgan fingerprint density at radius 3 is 1.11 bits per heavy atom. The van der Waals surface area contributed by atoms with Crippen molar-refractivity contribution in [3.8, 4) is 0 Å². The van der Waals surface area contributed by atoms with Gasteiger partial charge < -0.3 is 40.3 Å². The zero-order chi connectivity index (χ0) is 55.0. The van der Waals surface area contributed by atoms with Crippen molar-refractivity contribution in [3.05, 3.63) is 24.3 Å². The Hall–Kier alpha value is -1.33. The molecule has 1 fully saturated rings. The van der Waals surface area contributed by atoms with E-state index in [2.05, 4.69) is 31.3 Å². The lowest BCUT2D eigenvalue weighted by molar-refractivity contribution is -0.302. The minimum absolute atomic E-state index is 0.179. The minimum atomic E-state index is -1.57. The van der Waals surface area contributed by atoms with Crippen LogP contribution in [0.25, 0.3) is 0 Å². The number of allylic oxidation sites excluding steroid dienone is 3. The highest BCUT2D eigenvalue weighted by atomic mass is 16.7. The van der Waals surface area contributed by atoms with Crippen molar-refractivity contribution in [2.24, 2.45) is 0 Å². The second kappa shape index (κ2) is 56.9. The molecule has 9 nitrogen and oxygen atoms in total. The number of ether oxygens (including phenoxy) is 2. The van der Waals surface area contributed by atoms with Gasteiger partial charge in [-0.3, -0.25) is 4.79 Å². The predicted molar refractivity (Wildman–Crippen MR) is 323 cm³/mol. The molecule has 0 radical (unpaired) electrons. The van der Waals surface area contributed by atoms with Crippen LogP contribution in [0, 0.1) is 0 Å². The number of rotatable bonds is 59. The molecule has 1 rings (SSSR count). The van der Waals surface area contributed by atoms with Crippen LogP contribution in [0.4, 0.5) is 0 Å². The number of hydrogen-bond donors (Lipinski definition) is 6. The van der Waals surface area contributed by atoms with E-state index in [0.717, 1.165) is 38.5 Å². The van der Waals surface area contributed by atoms with Gasteiger partial charge in [-0.05, 0) is 32.1 Å². The molecular weight excluding hydrogens is 947 g/mol. The average Bonchev–Trinajstić information content (AvgIpc) is 3.42. The first kappa shape index (κ1) is 72.7.